The molecule has 1 aliphatic rings. The van der Waals surface area contributed by atoms with Crippen molar-refractivity contribution in [1.29, 1.82) is 0 Å². The summed E-state index contributed by atoms with van der Waals surface area (Å²) >= 11 is 2.91. The normalized spacial score (nSPS) is 15.3. The zero-order valence-corrected chi connectivity index (χ0v) is 16.6. The average Bonchev–Trinajstić information content (AvgIpc) is 3.31. The molecule has 1 saturated heterocycles. The van der Waals surface area contributed by atoms with Gasteiger partial charge in [-0.1, -0.05) is 55.4 Å². The van der Waals surface area contributed by atoms with Gasteiger partial charge in [-0.25, -0.2) is 0 Å². The van der Waals surface area contributed by atoms with E-state index in [1.165, 1.54) is 30.2 Å². The quantitative estimate of drug-likeness (QED) is 0.726. The molecule has 1 aromatic heterocycles. The van der Waals surface area contributed by atoms with Crippen molar-refractivity contribution < 1.29 is 9.59 Å². The van der Waals surface area contributed by atoms with Crippen molar-refractivity contribution in [2.24, 2.45) is 0 Å². The molecule has 0 spiro atoms. The molecule has 0 radical (unpaired) electrons. The van der Waals surface area contributed by atoms with E-state index >= 15 is 0 Å². The number of rotatable bonds is 8. The minimum Gasteiger partial charge on any atom is -0.343 e. The Kier molecular flexibility index (Phi) is 6.74. The lowest BCUT2D eigenvalue weighted by Gasteiger charge is -2.21. The molecule has 4 nitrogen and oxygen atoms in total. The van der Waals surface area contributed by atoms with Crippen LogP contribution < -0.4 is 5.32 Å². The fourth-order valence-electron chi connectivity index (χ4n) is 2.98. The second-order valence-corrected chi connectivity index (χ2v) is 8.42. The first-order valence-electron chi connectivity index (χ1n) is 9.00. The number of nitrogens with one attached hydrogen (secondary N) is 1. The Labute approximate surface area is 163 Å². The van der Waals surface area contributed by atoms with Gasteiger partial charge in [0, 0.05) is 17.2 Å². The molecule has 0 saturated carbocycles. The van der Waals surface area contributed by atoms with E-state index in [9.17, 15) is 9.59 Å². The smallest absolute Gasteiger partial charge is 0.282 e. The van der Waals surface area contributed by atoms with Gasteiger partial charge in [-0.05, 0) is 35.4 Å². The van der Waals surface area contributed by atoms with Crippen LogP contribution in [0.25, 0.3) is 0 Å². The molecular weight excluding hydrogens is 364 g/mol. The van der Waals surface area contributed by atoms with Crippen molar-refractivity contribution in [1.82, 2.24) is 10.2 Å². The number of carbonyl (C=O) groups is 2. The van der Waals surface area contributed by atoms with E-state index in [0.29, 0.717) is 6.54 Å². The molecule has 2 aromatic rings. The molecule has 2 heterocycles. The highest BCUT2D eigenvalue weighted by Gasteiger charge is 2.25. The van der Waals surface area contributed by atoms with Gasteiger partial charge in [0.25, 0.3) is 5.24 Å². The molecule has 26 heavy (non-hydrogen) atoms. The number of aryl methyl sites for hydroxylation is 1. The molecule has 2 amide bonds. The minimum absolute atomic E-state index is 0.00639. The lowest BCUT2D eigenvalue weighted by molar-refractivity contribution is -0.122. The number of thioether (sulfide) groups is 1. The van der Waals surface area contributed by atoms with Gasteiger partial charge >= 0.3 is 0 Å². The number of hydrogen-bond acceptors (Lipinski definition) is 4. The highest BCUT2D eigenvalue weighted by molar-refractivity contribution is 8.13. The van der Waals surface area contributed by atoms with Crippen LogP contribution in [-0.2, 0) is 11.2 Å². The SMILES string of the molecule is CCCCc1ccc(C(NC(=O)CN2CCSC2=O)c2cccs2)cc1. The van der Waals surface area contributed by atoms with Gasteiger partial charge in [0.05, 0.1) is 6.04 Å². The zero-order chi connectivity index (χ0) is 18.4. The van der Waals surface area contributed by atoms with Crippen LogP contribution in [0, 0.1) is 0 Å². The van der Waals surface area contributed by atoms with Crippen molar-refractivity contribution in [3.05, 3.63) is 57.8 Å². The Hall–Kier alpha value is -1.79. The van der Waals surface area contributed by atoms with Crippen LogP contribution in [0.5, 0.6) is 0 Å². The summed E-state index contributed by atoms with van der Waals surface area (Å²) in [6.07, 6.45) is 3.46. The van der Waals surface area contributed by atoms with Crippen LogP contribution in [0.1, 0.15) is 41.8 Å². The third-order valence-electron chi connectivity index (χ3n) is 4.44. The summed E-state index contributed by atoms with van der Waals surface area (Å²) in [5, 5.41) is 5.13. The predicted molar refractivity (Wildman–Crippen MR) is 109 cm³/mol. The number of amides is 2. The molecule has 6 heteroatoms. The first kappa shape index (κ1) is 19.0. The maximum atomic E-state index is 12.5. The summed E-state index contributed by atoms with van der Waals surface area (Å²) in [5.41, 5.74) is 2.40. The zero-order valence-electron chi connectivity index (χ0n) is 14.9. The Morgan fingerprint density at radius 2 is 2.08 bits per heavy atom. The third kappa shape index (κ3) is 4.89. The molecule has 0 aliphatic carbocycles. The summed E-state index contributed by atoms with van der Waals surface area (Å²) in [7, 11) is 0. The summed E-state index contributed by atoms with van der Waals surface area (Å²) in [5.74, 6) is 0.647. The summed E-state index contributed by atoms with van der Waals surface area (Å²) in [4.78, 5) is 27.0. The lowest BCUT2D eigenvalue weighted by atomic mass is 10.0. The largest absolute Gasteiger partial charge is 0.343 e. The topological polar surface area (TPSA) is 49.4 Å². The number of carbonyl (C=O) groups excluding carboxylic acids is 2. The van der Waals surface area contributed by atoms with Crippen molar-refractivity contribution in [3.63, 3.8) is 0 Å². The summed E-state index contributed by atoms with van der Waals surface area (Å²) in [6.45, 7) is 2.97. The molecule has 1 fully saturated rings. The van der Waals surface area contributed by atoms with Crippen LogP contribution in [0.3, 0.4) is 0 Å². The van der Waals surface area contributed by atoms with Crippen molar-refractivity contribution in [2.45, 2.75) is 32.2 Å². The summed E-state index contributed by atoms with van der Waals surface area (Å²) in [6, 6.07) is 12.4. The van der Waals surface area contributed by atoms with Gasteiger partial charge in [-0.15, -0.1) is 11.3 Å². The highest BCUT2D eigenvalue weighted by Crippen LogP contribution is 2.27. The third-order valence-corrected chi connectivity index (χ3v) is 6.27. The number of unbranched alkanes of at least 4 members (excludes halogenated alkanes) is 1. The maximum absolute atomic E-state index is 12.5. The molecule has 3 rings (SSSR count). The molecule has 138 valence electrons. The molecule has 0 bridgehead atoms. The van der Waals surface area contributed by atoms with E-state index < -0.39 is 0 Å². The predicted octanol–water partition coefficient (Wildman–Crippen LogP) is 4.47. The molecule has 1 atom stereocenters. The molecule has 1 unspecified atom stereocenters. The van der Waals surface area contributed by atoms with E-state index in [0.717, 1.165) is 22.6 Å². The molecular formula is C20H24N2O2S2. The van der Waals surface area contributed by atoms with E-state index in [1.54, 1.807) is 16.2 Å². The van der Waals surface area contributed by atoms with E-state index in [4.69, 9.17) is 0 Å². The van der Waals surface area contributed by atoms with Crippen LogP contribution >= 0.6 is 23.1 Å². The Bertz CT molecular complexity index is 729. The standard InChI is InChI=1S/C20H24N2O2S2/c1-2-3-5-15-7-9-16(10-8-15)19(17-6-4-12-25-17)21-18(23)14-22-11-13-26-20(22)24/h4,6-10,12,19H,2-3,5,11,13-14H2,1H3,(H,21,23). The van der Waals surface area contributed by atoms with E-state index in [-0.39, 0.29) is 23.7 Å². The fourth-order valence-corrected chi connectivity index (χ4v) is 4.61. The van der Waals surface area contributed by atoms with Gasteiger partial charge in [0.1, 0.15) is 6.54 Å². The van der Waals surface area contributed by atoms with Crippen molar-refractivity contribution in [3.8, 4) is 0 Å². The van der Waals surface area contributed by atoms with Gasteiger partial charge in [0.2, 0.25) is 5.91 Å². The van der Waals surface area contributed by atoms with Gasteiger partial charge in [0.15, 0.2) is 0 Å². The number of nitrogens with zero attached hydrogens (tertiary/aromatic N) is 1. The van der Waals surface area contributed by atoms with Gasteiger partial charge < -0.3 is 10.2 Å². The van der Waals surface area contributed by atoms with Crippen LogP contribution in [0.2, 0.25) is 0 Å². The van der Waals surface area contributed by atoms with Gasteiger partial charge in [-0.2, -0.15) is 0 Å². The maximum Gasteiger partial charge on any atom is 0.282 e. The highest BCUT2D eigenvalue weighted by atomic mass is 32.2. The van der Waals surface area contributed by atoms with E-state index in [2.05, 4.69) is 36.5 Å². The summed E-state index contributed by atoms with van der Waals surface area (Å²) < 4.78 is 0. The molecule has 1 aromatic carbocycles. The van der Waals surface area contributed by atoms with Gasteiger partial charge in [-0.3, -0.25) is 9.59 Å². The fraction of sp³-hybridized carbons (Fsp3) is 0.400. The Balaban J connectivity index is 1.71. The monoisotopic (exact) mass is 388 g/mol. The number of benzene rings is 1. The first-order valence-corrected chi connectivity index (χ1v) is 10.9. The Morgan fingerprint density at radius 1 is 1.27 bits per heavy atom. The molecule has 1 N–H and O–H groups in total. The van der Waals surface area contributed by atoms with Crippen molar-refractivity contribution >= 4 is 34.2 Å². The lowest BCUT2D eigenvalue weighted by Crippen LogP contribution is -2.39. The molecule has 1 aliphatic heterocycles. The second kappa shape index (κ2) is 9.24. The first-order chi connectivity index (χ1) is 12.7. The minimum atomic E-state index is -0.173. The van der Waals surface area contributed by atoms with E-state index in [1.807, 2.05) is 17.5 Å². The van der Waals surface area contributed by atoms with Crippen LogP contribution in [0.4, 0.5) is 4.79 Å². The van der Waals surface area contributed by atoms with Crippen LogP contribution in [-0.4, -0.2) is 34.9 Å². The van der Waals surface area contributed by atoms with Crippen LogP contribution in [0.15, 0.2) is 41.8 Å². The van der Waals surface area contributed by atoms with Crippen molar-refractivity contribution in [2.75, 3.05) is 18.8 Å². The second-order valence-electron chi connectivity index (χ2n) is 6.40. The Morgan fingerprint density at radius 3 is 2.69 bits per heavy atom. The number of hydrogen-bond donors (Lipinski definition) is 1. The average molecular weight is 389 g/mol. The number of thiophene rings is 1.